The van der Waals surface area contributed by atoms with Gasteiger partial charge in [0, 0.05) is 18.2 Å². The number of hydrogen-bond donors (Lipinski definition) is 1. The van der Waals surface area contributed by atoms with Crippen LogP contribution in [-0.4, -0.2) is 17.8 Å². The molecule has 2 aromatic heterocycles. The third-order valence-electron chi connectivity index (χ3n) is 5.31. The zero-order chi connectivity index (χ0) is 18.9. The maximum atomic E-state index is 6.18. The maximum Gasteiger partial charge on any atom is 0.178 e. The van der Waals surface area contributed by atoms with Crippen LogP contribution in [0, 0.1) is 0 Å². The molecule has 5 rings (SSSR count). The van der Waals surface area contributed by atoms with Gasteiger partial charge in [0.25, 0.3) is 0 Å². The van der Waals surface area contributed by atoms with Crippen molar-refractivity contribution in [2.24, 2.45) is 0 Å². The molecule has 0 saturated carbocycles. The summed E-state index contributed by atoms with van der Waals surface area (Å²) in [7, 11) is 0. The van der Waals surface area contributed by atoms with Crippen LogP contribution in [0.2, 0.25) is 0 Å². The van der Waals surface area contributed by atoms with Crippen molar-refractivity contribution in [2.75, 3.05) is 6.54 Å². The second-order valence-corrected chi connectivity index (χ2v) is 8.22. The van der Waals surface area contributed by atoms with Crippen molar-refractivity contribution in [3.05, 3.63) is 71.1 Å². The molecule has 4 aromatic rings. The molecule has 1 aliphatic carbocycles. The van der Waals surface area contributed by atoms with Gasteiger partial charge in [-0.1, -0.05) is 41.6 Å². The second kappa shape index (κ2) is 7.41. The van der Waals surface area contributed by atoms with Gasteiger partial charge in [-0.3, -0.25) is 0 Å². The lowest BCUT2D eigenvalue weighted by molar-refractivity contribution is 0.211. The van der Waals surface area contributed by atoms with Crippen molar-refractivity contribution in [1.82, 2.24) is 10.5 Å². The zero-order valence-corrected chi connectivity index (χ0v) is 16.5. The Morgan fingerprint density at radius 3 is 3.11 bits per heavy atom. The average Bonchev–Trinajstić information content (AvgIpc) is 3.42. The third kappa shape index (κ3) is 3.32. The molecule has 28 heavy (non-hydrogen) atoms. The van der Waals surface area contributed by atoms with Crippen LogP contribution in [0.3, 0.4) is 0 Å². The summed E-state index contributed by atoms with van der Waals surface area (Å²) in [4.78, 5) is 0. The molecule has 0 fully saturated rings. The van der Waals surface area contributed by atoms with E-state index in [-0.39, 0.29) is 6.10 Å². The van der Waals surface area contributed by atoms with Gasteiger partial charge in [0.05, 0.1) is 0 Å². The molecule has 2 atom stereocenters. The standard InChI is InChI=1S/C23H22N2O2S/c1-15(14-24-20-10-9-16-5-2-3-8-19(16)20)26-18-7-4-6-17(13-18)22-23-21(27-25-22)11-12-28-23/h2-8,11-13,15,20,24H,9-10,14H2,1H3. The highest BCUT2D eigenvalue weighted by molar-refractivity contribution is 7.17. The largest absolute Gasteiger partial charge is 0.489 e. The molecule has 0 aliphatic heterocycles. The first kappa shape index (κ1) is 17.5. The zero-order valence-electron chi connectivity index (χ0n) is 15.7. The van der Waals surface area contributed by atoms with Crippen LogP contribution < -0.4 is 10.1 Å². The van der Waals surface area contributed by atoms with Crippen molar-refractivity contribution in [3.8, 4) is 17.0 Å². The third-order valence-corrected chi connectivity index (χ3v) is 6.21. The Morgan fingerprint density at radius 1 is 1.21 bits per heavy atom. The molecular formula is C23H22N2O2S. The molecule has 1 aliphatic rings. The number of aromatic nitrogens is 1. The van der Waals surface area contributed by atoms with Crippen LogP contribution in [0.15, 0.2) is 64.5 Å². The predicted octanol–water partition coefficient (Wildman–Crippen LogP) is 5.60. The van der Waals surface area contributed by atoms with Crippen LogP contribution in [-0.2, 0) is 6.42 Å². The van der Waals surface area contributed by atoms with Gasteiger partial charge < -0.3 is 14.6 Å². The molecule has 0 saturated heterocycles. The number of thiophene rings is 1. The lowest BCUT2D eigenvalue weighted by atomic mass is 10.1. The highest BCUT2D eigenvalue weighted by atomic mass is 32.1. The Kier molecular flexibility index (Phi) is 4.63. The molecular weight excluding hydrogens is 368 g/mol. The van der Waals surface area contributed by atoms with Crippen LogP contribution in [0.5, 0.6) is 5.75 Å². The highest BCUT2D eigenvalue weighted by Gasteiger charge is 2.22. The Morgan fingerprint density at radius 2 is 2.14 bits per heavy atom. The minimum absolute atomic E-state index is 0.0714. The van der Waals surface area contributed by atoms with E-state index in [4.69, 9.17) is 9.26 Å². The fourth-order valence-corrected chi connectivity index (χ4v) is 4.75. The summed E-state index contributed by atoms with van der Waals surface area (Å²) in [5, 5.41) is 9.92. The summed E-state index contributed by atoms with van der Waals surface area (Å²) < 4.78 is 12.7. The normalized spacial score (nSPS) is 17.0. The molecule has 0 spiro atoms. The van der Waals surface area contributed by atoms with Gasteiger partial charge in [-0.2, -0.15) is 0 Å². The van der Waals surface area contributed by atoms with Crippen molar-refractivity contribution in [3.63, 3.8) is 0 Å². The van der Waals surface area contributed by atoms with E-state index in [0.717, 1.165) is 46.7 Å². The van der Waals surface area contributed by atoms with Gasteiger partial charge >= 0.3 is 0 Å². The summed E-state index contributed by atoms with van der Waals surface area (Å²) in [6.45, 7) is 2.91. The van der Waals surface area contributed by atoms with E-state index in [1.165, 1.54) is 11.1 Å². The summed E-state index contributed by atoms with van der Waals surface area (Å²) >= 11 is 1.64. The van der Waals surface area contributed by atoms with Crippen molar-refractivity contribution in [2.45, 2.75) is 31.9 Å². The Bertz CT molecular complexity index is 1100. The first-order valence-corrected chi connectivity index (χ1v) is 10.6. The quantitative estimate of drug-likeness (QED) is 0.465. The van der Waals surface area contributed by atoms with Crippen molar-refractivity contribution in [1.29, 1.82) is 0 Å². The minimum Gasteiger partial charge on any atom is -0.489 e. The molecule has 0 radical (unpaired) electrons. The number of hydrogen-bond acceptors (Lipinski definition) is 5. The number of ether oxygens (including phenoxy) is 1. The van der Waals surface area contributed by atoms with Gasteiger partial charge in [-0.05, 0) is 54.5 Å². The molecule has 2 aromatic carbocycles. The monoisotopic (exact) mass is 390 g/mol. The first-order valence-electron chi connectivity index (χ1n) is 9.69. The second-order valence-electron chi connectivity index (χ2n) is 7.30. The summed E-state index contributed by atoms with van der Waals surface area (Å²) in [6, 6.07) is 19.2. The lowest BCUT2D eigenvalue weighted by Crippen LogP contribution is -2.31. The Labute approximate surface area is 168 Å². The minimum atomic E-state index is 0.0714. The molecule has 5 heteroatoms. The van der Waals surface area contributed by atoms with Crippen molar-refractivity contribution < 1.29 is 9.26 Å². The number of nitrogens with zero attached hydrogens (tertiary/aromatic N) is 1. The van der Waals surface area contributed by atoms with E-state index < -0.39 is 0 Å². The van der Waals surface area contributed by atoms with Crippen LogP contribution >= 0.6 is 11.3 Å². The molecule has 142 valence electrons. The van der Waals surface area contributed by atoms with Crippen LogP contribution in [0.25, 0.3) is 21.5 Å². The fourth-order valence-electron chi connectivity index (χ4n) is 3.93. The van der Waals surface area contributed by atoms with Gasteiger partial charge in [-0.25, -0.2) is 0 Å². The Balaban J connectivity index is 1.25. The SMILES string of the molecule is CC(CNC1CCc2ccccc21)Oc1cccc(-c2noc3ccsc23)c1. The smallest absolute Gasteiger partial charge is 0.178 e. The number of fused-ring (bicyclic) bond motifs is 2. The van der Waals surface area contributed by atoms with E-state index in [0.29, 0.717) is 6.04 Å². The van der Waals surface area contributed by atoms with E-state index in [1.54, 1.807) is 11.3 Å². The molecule has 0 bridgehead atoms. The van der Waals surface area contributed by atoms with Crippen LogP contribution in [0.4, 0.5) is 0 Å². The molecule has 2 unspecified atom stereocenters. The van der Waals surface area contributed by atoms with Gasteiger partial charge in [0.1, 0.15) is 22.2 Å². The van der Waals surface area contributed by atoms with E-state index in [1.807, 2.05) is 35.7 Å². The summed E-state index contributed by atoms with van der Waals surface area (Å²) in [6.07, 6.45) is 2.38. The van der Waals surface area contributed by atoms with E-state index >= 15 is 0 Å². The van der Waals surface area contributed by atoms with E-state index in [9.17, 15) is 0 Å². The fraction of sp³-hybridized carbons (Fsp3) is 0.261. The topological polar surface area (TPSA) is 47.3 Å². The number of rotatable bonds is 6. The predicted molar refractivity (Wildman–Crippen MR) is 113 cm³/mol. The number of nitrogens with one attached hydrogen (secondary N) is 1. The first-order chi connectivity index (χ1) is 13.8. The molecule has 0 amide bonds. The summed E-state index contributed by atoms with van der Waals surface area (Å²) in [5.41, 5.74) is 5.63. The molecule has 2 heterocycles. The maximum absolute atomic E-state index is 6.18. The van der Waals surface area contributed by atoms with Crippen molar-refractivity contribution >= 4 is 21.6 Å². The lowest BCUT2D eigenvalue weighted by Gasteiger charge is -2.19. The Hall–Kier alpha value is -2.63. The van der Waals surface area contributed by atoms with Gasteiger partial charge in [0.15, 0.2) is 5.58 Å². The highest BCUT2D eigenvalue weighted by Crippen LogP contribution is 2.34. The average molecular weight is 391 g/mol. The molecule has 4 nitrogen and oxygen atoms in total. The van der Waals surface area contributed by atoms with Gasteiger partial charge in [0.2, 0.25) is 0 Å². The molecule has 1 N–H and O–H groups in total. The summed E-state index contributed by atoms with van der Waals surface area (Å²) in [5.74, 6) is 0.853. The van der Waals surface area contributed by atoms with E-state index in [2.05, 4.69) is 41.7 Å². The number of aryl methyl sites for hydroxylation is 1. The van der Waals surface area contributed by atoms with Crippen LogP contribution in [0.1, 0.15) is 30.5 Å². The number of benzene rings is 2. The van der Waals surface area contributed by atoms with Gasteiger partial charge in [-0.15, -0.1) is 11.3 Å².